The molecule has 0 amide bonds. The van der Waals surface area contributed by atoms with Crippen LogP contribution in [0.4, 0.5) is 0 Å². The Morgan fingerprint density at radius 2 is 2.33 bits per heavy atom. The van der Waals surface area contributed by atoms with E-state index in [2.05, 4.69) is 5.32 Å². The Bertz CT molecular complexity index is 130. The summed E-state index contributed by atoms with van der Waals surface area (Å²) in [7, 11) is 0. The fourth-order valence-corrected chi connectivity index (χ4v) is 1.83. The summed E-state index contributed by atoms with van der Waals surface area (Å²) in [5.74, 6) is 0. The first-order chi connectivity index (χ1) is 5.72. The molecule has 0 aromatic rings. The van der Waals surface area contributed by atoms with Gasteiger partial charge in [0.1, 0.15) is 0 Å². The average molecular weight is 172 g/mol. The molecule has 3 heteroatoms. The molecule has 3 nitrogen and oxygen atoms in total. The molecule has 1 aliphatic carbocycles. The molecule has 0 aromatic carbocycles. The van der Waals surface area contributed by atoms with Gasteiger partial charge < -0.3 is 16.2 Å². The second-order valence-corrected chi connectivity index (χ2v) is 3.87. The molecule has 1 fully saturated rings. The molecule has 0 saturated heterocycles. The Balaban J connectivity index is 2.22. The van der Waals surface area contributed by atoms with E-state index in [1.807, 2.05) is 6.92 Å². The highest BCUT2D eigenvalue weighted by molar-refractivity contribution is 4.81. The first-order valence-corrected chi connectivity index (χ1v) is 4.85. The Kier molecular flexibility index (Phi) is 3.98. The van der Waals surface area contributed by atoms with Crippen LogP contribution < -0.4 is 11.1 Å². The number of nitrogens with two attached hydrogens (primary N) is 1. The number of rotatable bonds is 3. The molecule has 72 valence electrons. The fourth-order valence-electron chi connectivity index (χ4n) is 1.83. The van der Waals surface area contributed by atoms with Gasteiger partial charge in [-0.2, -0.15) is 0 Å². The van der Waals surface area contributed by atoms with Gasteiger partial charge in [-0.3, -0.25) is 0 Å². The molecule has 0 radical (unpaired) electrons. The van der Waals surface area contributed by atoms with E-state index in [9.17, 15) is 0 Å². The van der Waals surface area contributed by atoms with Crippen molar-refractivity contribution in [1.82, 2.24) is 5.32 Å². The lowest BCUT2D eigenvalue weighted by Gasteiger charge is -2.29. The first-order valence-electron chi connectivity index (χ1n) is 4.85. The number of aliphatic hydroxyl groups excluding tert-OH is 1. The smallest absolute Gasteiger partial charge is 0.0582 e. The Labute approximate surface area is 74.3 Å². The topological polar surface area (TPSA) is 58.3 Å². The molecule has 2 unspecified atom stereocenters. The van der Waals surface area contributed by atoms with Crippen molar-refractivity contribution in [2.75, 3.05) is 6.61 Å². The summed E-state index contributed by atoms with van der Waals surface area (Å²) in [5.41, 5.74) is 5.84. The average Bonchev–Trinajstić information content (AvgIpc) is 2.04. The minimum atomic E-state index is 0.209. The fraction of sp³-hybridized carbons (Fsp3) is 1.00. The number of hydrogen-bond acceptors (Lipinski definition) is 3. The maximum Gasteiger partial charge on any atom is 0.0582 e. The highest BCUT2D eigenvalue weighted by Gasteiger charge is 2.19. The third kappa shape index (κ3) is 3.09. The largest absolute Gasteiger partial charge is 0.395 e. The van der Waals surface area contributed by atoms with Crippen LogP contribution in [0.25, 0.3) is 0 Å². The van der Waals surface area contributed by atoms with Gasteiger partial charge in [-0.25, -0.2) is 0 Å². The van der Waals surface area contributed by atoms with E-state index in [0.29, 0.717) is 12.1 Å². The minimum absolute atomic E-state index is 0.209. The van der Waals surface area contributed by atoms with Crippen molar-refractivity contribution in [2.24, 2.45) is 5.73 Å². The van der Waals surface area contributed by atoms with Crippen LogP contribution >= 0.6 is 0 Å². The molecule has 12 heavy (non-hydrogen) atoms. The van der Waals surface area contributed by atoms with Gasteiger partial charge in [0.05, 0.1) is 6.61 Å². The number of hydrogen-bond donors (Lipinski definition) is 3. The molecule has 3 atom stereocenters. The lowest BCUT2D eigenvalue weighted by molar-refractivity contribution is 0.223. The maximum atomic E-state index is 8.84. The van der Waals surface area contributed by atoms with Gasteiger partial charge in [-0.15, -0.1) is 0 Å². The van der Waals surface area contributed by atoms with Crippen LogP contribution in [0.5, 0.6) is 0 Å². The zero-order valence-corrected chi connectivity index (χ0v) is 7.79. The van der Waals surface area contributed by atoms with E-state index in [-0.39, 0.29) is 12.6 Å². The molecule has 1 saturated carbocycles. The summed E-state index contributed by atoms with van der Waals surface area (Å²) >= 11 is 0. The van der Waals surface area contributed by atoms with Crippen LogP contribution in [0.1, 0.15) is 32.6 Å². The van der Waals surface area contributed by atoms with Crippen molar-refractivity contribution >= 4 is 0 Å². The van der Waals surface area contributed by atoms with Gasteiger partial charge in [0, 0.05) is 18.1 Å². The van der Waals surface area contributed by atoms with Crippen LogP contribution in [-0.2, 0) is 0 Å². The van der Waals surface area contributed by atoms with Gasteiger partial charge in [-0.05, 0) is 26.2 Å². The lowest BCUT2D eigenvalue weighted by atomic mass is 9.91. The molecule has 0 aliphatic heterocycles. The second kappa shape index (κ2) is 4.80. The molecular weight excluding hydrogens is 152 g/mol. The Hall–Kier alpha value is -0.120. The predicted molar refractivity (Wildman–Crippen MR) is 49.9 cm³/mol. The normalized spacial score (nSPS) is 33.2. The van der Waals surface area contributed by atoms with E-state index >= 15 is 0 Å². The van der Waals surface area contributed by atoms with Crippen molar-refractivity contribution in [2.45, 2.75) is 50.7 Å². The van der Waals surface area contributed by atoms with Gasteiger partial charge >= 0.3 is 0 Å². The lowest BCUT2D eigenvalue weighted by Crippen LogP contribution is -2.44. The Morgan fingerprint density at radius 3 is 2.92 bits per heavy atom. The first kappa shape index (κ1) is 9.96. The summed E-state index contributed by atoms with van der Waals surface area (Å²) < 4.78 is 0. The van der Waals surface area contributed by atoms with Crippen LogP contribution in [0.3, 0.4) is 0 Å². The van der Waals surface area contributed by atoms with E-state index in [1.54, 1.807) is 0 Å². The Morgan fingerprint density at radius 1 is 1.58 bits per heavy atom. The third-order valence-corrected chi connectivity index (χ3v) is 2.51. The number of nitrogens with one attached hydrogen (secondary N) is 1. The third-order valence-electron chi connectivity index (χ3n) is 2.51. The SMILES string of the molecule is C[C@H](CO)NC1CCCC(N)C1. The minimum Gasteiger partial charge on any atom is -0.395 e. The summed E-state index contributed by atoms with van der Waals surface area (Å²) in [6, 6.07) is 1.10. The van der Waals surface area contributed by atoms with E-state index in [4.69, 9.17) is 10.8 Å². The van der Waals surface area contributed by atoms with Gasteiger partial charge in [0.25, 0.3) is 0 Å². The molecule has 0 spiro atoms. The zero-order chi connectivity index (χ0) is 8.97. The summed E-state index contributed by atoms with van der Waals surface area (Å²) in [6.07, 6.45) is 4.64. The standard InChI is InChI=1S/C9H20N2O/c1-7(6-12)11-9-4-2-3-8(10)5-9/h7-9,11-12H,2-6,10H2,1H3/t7-,8?,9?/m1/s1. The quantitative estimate of drug-likeness (QED) is 0.571. The van der Waals surface area contributed by atoms with Crippen molar-refractivity contribution in [3.05, 3.63) is 0 Å². The van der Waals surface area contributed by atoms with Crippen molar-refractivity contribution in [3.63, 3.8) is 0 Å². The van der Waals surface area contributed by atoms with Gasteiger partial charge in [0.2, 0.25) is 0 Å². The van der Waals surface area contributed by atoms with Gasteiger partial charge in [-0.1, -0.05) is 6.42 Å². The molecular formula is C9H20N2O. The molecule has 0 bridgehead atoms. The molecule has 0 aromatic heterocycles. The van der Waals surface area contributed by atoms with Crippen LogP contribution in [-0.4, -0.2) is 29.8 Å². The van der Waals surface area contributed by atoms with Crippen molar-refractivity contribution < 1.29 is 5.11 Å². The zero-order valence-electron chi connectivity index (χ0n) is 7.79. The molecule has 4 N–H and O–H groups in total. The summed E-state index contributed by atoms with van der Waals surface area (Å²) in [5, 5.41) is 12.2. The molecule has 0 heterocycles. The maximum absolute atomic E-state index is 8.84. The summed E-state index contributed by atoms with van der Waals surface area (Å²) in [6.45, 7) is 2.21. The predicted octanol–water partition coefficient (Wildman–Crippen LogP) is 0.227. The molecule has 1 rings (SSSR count). The van der Waals surface area contributed by atoms with Crippen molar-refractivity contribution in [1.29, 1.82) is 0 Å². The van der Waals surface area contributed by atoms with E-state index in [0.717, 1.165) is 12.8 Å². The van der Waals surface area contributed by atoms with Crippen molar-refractivity contribution in [3.8, 4) is 0 Å². The summed E-state index contributed by atoms with van der Waals surface area (Å²) in [4.78, 5) is 0. The van der Waals surface area contributed by atoms with Crippen LogP contribution in [0.2, 0.25) is 0 Å². The van der Waals surface area contributed by atoms with Gasteiger partial charge in [0.15, 0.2) is 0 Å². The number of aliphatic hydroxyl groups is 1. The highest BCUT2D eigenvalue weighted by atomic mass is 16.3. The van der Waals surface area contributed by atoms with E-state index in [1.165, 1.54) is 12.8 Å². The van der Waals surface area contributed by atoms with E-state index < -0.39 is 0 Å². The van der Waals surface area contributed by atoms with Crippen LogP contribution in [0, 0.1) is 0 Å². The second-order valence-electron chi connectivity index (χ2n) is 3.87. The molecule has 1 aliphatic rings. The monoisotopic (exact) mass is 172 g/mol. The highest BCUT2D eigenvalue weighted by Crippen LogP contribution is 2.17. The van der Waals surface area contributed by atoms with Crippen LogP contribution in [0.15, 0.2) is 0 Å².